The second kappa shape index (κ2) is 4.08. The minimum atomic E-state index is -0.671. The zero-order valence-electron chi connectivity index (χ0n) is 11.4. The molecule has 2 heterocycles. The summed E-state index contributed by atoms with van der Waals surface area (Å²) in [5.74, 6) is 0.475. The van der Waals surface area contributed by atoms with Gasteiger partial charge in [0.05, 0.1) is 16.4 Å². The number of carboxylic acid groups (broad SMARTS) is 1. The molecule has 4 rings (SSSR count). The van der Waals surface area contributed by atoms with Gasteiger partial charge in [-0.3, -0.25) is 4.79 Å². The van der Waals surface area contributed by atoms with Gasteiger partial charge in [-0.05, 0) is 37.0 Å². The molecule has 4 nitrogen and oxygen atoms in total. The van der Waals surface area contributed by atoms with Gasteiger partial charge in [0.15, 0.2) is 0 Å². The van der Waals surface area contributed by atoms with E-state index in [9.17, 15) is 9.90 Å². The average Bonchev–Trinajstić information content (AvgIpc) is 3.14. The van der Waals surface area contributed by atoms with Gasteiger partial charge in [-0.2, -0.15) is 0 Å². The molecule has 2 aliphatic rings. The van der Waals surface area contributed by atoms with Gasteiger partial charge in [0, 0.05) is 13.0 Å². The Morgan fingerprint density at radius 2 is 2.05 bits per heavy atom. The van der Waals surface area contributed by atoms with E-state index in [1.807, 2.05) is 12.1 Å². The van der Waals surface area contributed by atoms with Crippen LogP contribution in [0.15, 0.2) is 18.2 Å². The van der Waals surface area contributed by atoms with Gasteiger partial charge in [0.2, 0.25) is 0 Å². The maximum absolute atomic E-state index is 11.8. The normalized spacial score (nSPS) is 20.4. The summed E-state index contributed by atoms with van der Waals surface area (Å²) >= 11 is 0. The van der Waals surface area contributed by atoms with Gasteiger partial charge in [0.25, 0.3) is 0 Å². The smallest absolute Gasteiger partial charge is 0.314 e. The fraction of sp³-hybridized carbons (Fsp3) is 0.500. The van der Waals surface area contributed by atoms with E-state index in [0.29, 0.717) is 0 Å². The van der Waals surface area contributed by atoms with Crippen LogP contribution in [0.5, 0.6) is 0 Å². The number of fused-ring (bicyclic) bond motifs is 3. The quantitative estimate of drug-likeness (QED) is 0.913. The number of aliphatic carboxylic acids is 1. The summed E-state index contributed by atoms with van der Waals surface area (Å²) in [4.78, 5) is 16.5. The van der Waals surface area contributed by atoms with Gasteiger partial charge in [-0.1, -0.05) is 18.9 Å². The largest absolute Gasteiger partial charge is 0.481 e. The summed E-state index contributed by atoms with van der Waals surface area (Å²) in [7, 11) is 0. The van der Waals surface area contributed by atoms with Crippen LogP contribution in [0, 0.1) is 0 Å². The Morgan fingerprint density at radius 1 is 1.25 bits per heavy atom. The fourth-order valence-corrected chi connectivity index (χ4v) is 3.91. The first-order valence-electron chi connectivity index (χ1n) is 7.44. The van der Waals surface area contributed by atoms with Crippen LogP contribution in [-0.2, 0) is 23.2 Å². The maximum Gasteiger partial charge on any atom is 0.314 e. The molecule has 2 aromatic rings. The molecule has 0 amide bonds. The van der Waals surface area contributed by atoms with Crippen molar-refractivity contribution in [2.24, 2.45) is 0 Å². The molecule has 1 aromatic heterocycles. The molecule has 0 bridgehead atoms. The number of carbonyl (C=O) groups is 1. The van der Waals surface area contributed by atoms with E-state index in [1.54, 1.807) is 0 Å². The number of rotatable bonds is 2. The third-order valence-electron chi connectivity index (χ3n) is 5.03. The Labute approximate surface area is 117 Å². The van der Waals surface area contributed by atoms with E-state index >= 15 is 0 Å². The highest BCUT2D eigenvalue weighted by atomic mass is 16.4. The van der Waals surface area contributed by atoms with Gasteiger partial charge in [-0.25, -0.2) is 4.98 Å². The Morgan fingerprint density at radius 3 is 2.80 bits per heavy atom. The van der Waals surface area contributed by atoms with Crippen LogP contribution in [0.25, 0.3) is 11.0 Å². The van der Waals surface area contributed by atoms with Crippen LogP contribution in [0.3, 0.4) is 0 Å². The number of hydrogen-bond donors (Lipinski definition) is 1. The van der Waals surface area contributed by atoms with E-state index < -0.39 is 11.4 Å². The van der Waals surface area contributed by atoms with Gasteiger partial charge in [0.1, 0.15) is 5.82 Å². The highest BCUT2D eigenvalue weighted by Crippen LogP contribution is 2.42. The van der Waals surface area contributed by atoms with Crippen molar-refractivity contribution in [2.75, 3.05) is 0 Å². The number of carboxylic acids is 1. The lowest BCUT2D eigenvalue weighted by Gasteiger charge is -2.24. The predicted octanol–water partition coefficient (Wildman–Crippen LogP) is 2.88. The Kier molecular flexibility index (Phi) is 2.43. The van der Waals surface area contributed by atoms with Crippen molar-refractivity contribution in [3.05, 3.63) is 29.6 Å². The molecular weight excluding hydrogens is 252 g/mol. The molecule has 104 valence electrons. The van der Waals surface area contributed by atoms with Crippen molar-refractivity contribution < 1.29 is 9.90 Å². The van der Waals surface area contributed by atoms with Crippen molar-refractivity contribution in [3.8, 4) is 0 Å². The number of nitrogens with zero attached hydrogens (tertiary/aromatic N) is 2. The van der Waals surface area contributed by atoms with Crippen LogP contribution in [0.1, 0.15) is 43.5 Å². The molecule has 1 aliphatic heterocycles. The summed E-state index contributed by atoms with van der Waals surface area (Å²) in [5, 5.41) is 9.71. The van der Waals surface area contributed by atoms with E-state index in [2.05, 4.69) is 15.6 Å². The van der Waals surface area contributed by atoms with Crippen LogP contribution in [0.4, 0.5) is 0 Å². The molecule has 20 heavy (non-hydrogen) atoms. The van der Waals surface area contributed by atoms with Gasteiger partial charge in [-0.15, -0.1) is 0 Å². The zero-order chi connectivity index (χ0) is 13.7. The number of imidazole rings is 1. The molecule has 4 heteroatoms. The van der Waals surface area contributed by atoms with E-state index in [-0.39, 0.29) is 0 Å². The predicted molar refractivity (Wildman–Crippen MR) is 75.8 cm³/mol. The SMILES string of the molecule is O=C(O)C1(c2ccc3nc4n(c3c2)CCC4)CCCC1. The summed E-state index contributed by atoms with van der Waals surface area (Å²) in [5.41, 5.74) is 2.41. The monoisotopic (exact) mass is 270 g/mol. The molecule has 1 fully saturated rings. The van der Waals surface area contributed by atoms with Crippen molar-refractivity contribution in [1.82, 2.24) is 9.55 Å². The first kappa shape index (κ1) is 11.9. The number of aryl methyl sites for hydroxylation is 2. The van der Waals surface area contributed by atoms with Gasteiger partial charge < -0.3 is 9.67 Å². The Hall–Kier alpha value is -1.84. The maximum atomic E-state index is 11.8. The van der Waals surface area contributed by atoms with Crippen molar-refractivity contribution in [1.29, 1.82) is 0 Å². The number of hydrogen-bond acceptors (Lipinski definition) is 2. The number of benzene rings is 1. The lowest BCUT2D eigenvalue weighted by Crippen LogP contribution is -2.32. The van der Waals surface area contributed by atoms with Gasteiger partial charge >= 0.3 is 5.97 Å². The summed E-state index contributed by atoms with van der Waals surface area (Å²) in [6.07, 6.45) is 5.72. The summed E-state index contributed by atoms with van der Waals surface area (Å²) in [6, 6.07) is 6.06. The lowest BCUT2D eigenvalue weighted by atomic mass is 9.79. The van der Waals surface area contributed by atoms with Crippen LogP contribution < -0.4 is 0 Å². The molecule has 0 saturated heterocycles. The first-order valence-corrected chi connectivity index (χ1v) is 7.44. The third kappa shape index (κ3) is 1.48. The summed E-state index contributed by atoms with van der Waals surface area (Å²) < 4.78 is 2.25. The zero-order valence-corrected chi connectivity index (χ0v) is 11.4. The standard InChI is InChI=1S/C16H18N2O2/c19-15(20)16(7-1-2-8-16)11-5-6-12-13(10-11)18-9-3-4-14(18)17-12/h5-6,10H,1-4,7-9H2,(H,19,20). The first-order chi connectivity index (χ1) is 9.71. The molecule has 1 N–H and O–H groups in total. The molecule has 1 aliphatic carbocycles. The second-order valence-corrected chi connectivity index (χ2v) is 6.08. The minimum Gasteiger partial charge on any atom is -0.481 e. The molecular formula is C16H18N2O2. The molecule has 0 atom stereocenters. The van der Waals surface area contributed by atoms with Crippen molar-refractivity contribution in [3.63, 3.8) is 0 Å². The highest BCUT2D eigenvalue weighted by Gasteiger charge is 2.43. The molecule has 1 aromatic carbocycles. The van der Waals surface area contributed by atoms with Crippen molar-refractivity contribution in [2.45, 2.75) is 50.5 Å². The number of aromatic nitrogens is 2. The fourth-order valence-electron chi connectivity index (χ4n) is 3.91. The van der Waals surface area contributed by atoms with Crippen LogP contribution >= 0.6 is 0 Å². The molecule has 1 saturated carbocycles. The molecule has 0 unspecified atom stereocenters. The van der Waals surface area contributed by atoms with Crippen LogP contribution in [0.2, 0.25) is 0 Å². The van der Waals surface area contributed by atoms with E-state index in [4.69, 9.17) is 0 Å². The third-order valence-corrected chi connectivity index (χ3v) is 5.03. The topological polar surface area (TPSA) is 55.1 Å². The van der Waals surface area contributed by atoms with E-state index in [1.165, 1.54) is 0 Å². The highest BCUT2D eigenvalue weighted by molar-refractivity contribution is 5.85. The van der Waals surface area contributed by atoms with Crippen molar-refractivity contribution >= 4 is 17.0 Å². The Balaban J connectivity index is 1.90. The Bertz CT molecular complexity index is 696. The average molecular weight is 270 g/mol. The molecule has 0 radical (unpaired) electrons. The lowest BCUT2D eigenvalue weighted by molar-refractivity contribution is -0.143. The summed E-state index contributed by atoms with van der Waals surface area (Å²) in [6.45, 7) is 1.01. The second-order valence-electron chi connectivity index (χ2n) is 6.08. The molecule has 0 spiro atoms. The van der Waals surface area contributed by atoms with E-state index in [0.717, 1.165) is 67.5 Å². The van der Waals surface area contributed by atoms with Crippen LogP contribution in [-0.4, -0.2) is 20.6 Å². The minimum absolute atomic E-state index is 0.669.